The van der Waals surface area contributed by atoms with Gasteiger partial charge in [-0.3, -0.25) is 4.79 Å². The van der Waals surface area contributed by atoms with Crippen LogP contribution in [0.5, 0.6) is 11.5 Å². The quantitative estimate of drug-likeness (QED) is 0.167. The van der Waals surface area contributed by atoms with Crippen LogP contribution in [0.15, 0.2) is 89.8 Å². The van der Waals surface area contributed by atoms with Crippen molar-refractivity contribution in [1.29, 1.82) is 0 Å². The predicted molar refractivity (Wildman–Crippen MR) is 185 cm³/mol. The lowest BCUT2D eigenvalue weighted by molar-refractivity contribution is -0.152. The highest BCUT2D eigenvalue weighted by Crippen LogP contribution is 2.46. The van der Waals surface area contributed by atoms with E-state index in [0.29, 0.717) is 25.2 Å². The van der Waals surface area contributed by atoms with Gasteiger partial charge in [0, 0.05) is 36.7 Å². The second-order valence-corrected chi connectivity index (χ2v) is 11.9. The molecule has 4 rings (SSSR count). The van der Waals surface area contributed by atoms with E-state index in [4.69, 9.17) is 29.2 Å². The van der Waals surface area contributed by atoms with Gasteiger partial charge in [0.1, 0.15) is 18.1 Å². The normalized spacial score (nSPS) is 15.5. The van der Waals surface area contributed by atoms with Crippen LogP contribution in [0.1, 0.15) is 23.3 Å². The van der Waals surface area contributed by atoms with Crippen LogP contribution in [0.4, 0.5) is 5.69 Å². The number of hydrogen-bond acceptors (Lipinski definition) is 10. The molecule has 0 saturated carbocycles. The van der Waals surface area contributed by atoms with Crippen LogP contribution in [-0.2, 0) is 35.1 Å². The molecule has 0 fully saturated rings. The maximum absolute atomic E-state index is 14.2. The number of nitrogens with zero attached hydrogens (tertiary/aromatic N) is 2. The van der Waals surface area contributed by atoms with Gasteiger partial charge in [-0.25, -0.2) is 14.4 Å². The number of esters is 1. The number of benzene rings is 3. The standard InChI is InChI=1S/C32H38N2O6S.C4H4O4/c1-5-39-29(35)22-40-30-31(24-13-15-25(37-3)16-14-24)41-28-12-7-6-11-27(28)34(32(30)36)20-19-33(2)18-17-23-9-8-10-26(21-23)38-4;5-3(6)1-2-4(7)8/h6-16,21,30-31H,5,17-20,22H2,1-4H3;1-2H,(H,5,6)(H,7,8)/t30-,31+;/m1./s1. The van der Waals surface area contributed by atoms with Crippen molar-refractivity contribution in [2.24, 2.45) is 0 Å². The summed E-state index contributed by atoms with van der Waals surface area (Å²) in [5, 5.41) is 15.2. The molecule has 3 aromatic carbocycles. The van der Waals surface area contributed by atoms with Crippen LogP contribution in [0.2, 0.25) is 0 Å². The number of carbonyl (C=O) groups is 4. The number of fused-ring (bicyclic) bond motifs is 1. The van der Waals surface area contributed by atoms with Crippen LogP contribution >= 0.6 is 11.8 Å². The van der Waals surface area contributed by atoms with Gasteiger partial charge >= 0.3 is 17.9 Å². The van der Waals surface area contributed by atoms with Gasteiger partial charge in [0.05, 0.1) is 31.8 Å². The Morgan fingerprint density at radius 2 is 1.57 bits per heavy atom. The third-order valence-electron chi connectivity index (χ3n) is 7.31. The molecule has 262 valence electrons. The van der Waals surface area contributed by atoms with E-state index in [0.717, 1.165) is 40.6 Å². The zero-order valence-corrected chi connectivity index (χ0v) is 28.8. The second-order valence-electron chi connectivity index (χ2n) is 10.7. The second kappa shape index (κ2) is 19.8. The third kappa shape index (κ3) is 12.3. The molecule has 1 aliphatic heterocycles. The predicted octanol–water partition coefficient (Wildman–Crippen LogP) is 4.72. The molecule has 2 N–H and O–H groups in total. The first-order valence-corrected chi connectivity index (χ1v) is 16.4. The van der Waals surface area contributed by atoms with Gasteiger partial charge in [0.25, 0.3) is 5.91 Å². The van der Waals surface area contributed by atoms with Gasteiger partial charge in [-0.05, 0) is 67.9 Å². The monoisotopic (exact) mass is 694 g/mol. The zero-order chi connectivity index (χ0) is 35.8. The lowest BCUT2D eigenvalue weighted by atomic mass is 10.1. The smallest absolute Gasteiger partial charge is 0.332 e. The molecule has 0 radical (unpaired) electrons. The number of carboxylic acids is 2. The summed E-state index contributed by atoms with van der Waals surface area (Å²) < 4.78 is 21.8. The molecule has 0 spiro atoms. The van der Waals surface area contributed by atoms with Crippen LogP contribution in [0.25, 0.3) is 0 Å². The Bertz CT molecular complexity index is 1560. The Kier molecular flexibility index (Phi) is 15.6. The van der Waals surface area contributed by atoms with Gasteiger partial charge < -0.3 is 39.0 Å². The fraction of sp³-hybridized carbons (Fsp3) is 0.333. The summed E-state index contributed by atoms with van der Waals surface area (Å²) in [6.07, 6.45) is 1.08. The van der Waals surface area contributed by atoms with E-state index in [1.54, 1.807) is 37.8 Å². The van der Waals surface area contributed by atoms with Crippen LogP contribution in [0, 0.1) is 0 Å². The van der Waals surface area contributed by atoms with Crippen molar-refractivity contribution >= 4 is 41.3 Å². The number of anilines is 1. The summed E-state index contributed by atoms with van der Waals surface area (Å²) in [4.78, 5) is 50.6. The van der Waals surface area contributed by atoms with Gasteiger partial charge in [-0.15, -0.1) is 11.8 Å². The first kappa shape index (κ1) is 38.6. The minimum absolute atomic E-state index is 0.186. The third-order valence-corrected chi connectivity index (χ3v) is 8.69. The topological polar surface area (TPSA) is 152 Å². The Hall–Kier alpha value is -4.85. The summed E-state index contributed by atoms with van der Waals surface area (Å²) >= 11 is 1.56. The van der Waals surface area contributed by atoms with Gasteiger partial charge in [-0.1, -0.05) is 36.4 Å². The van der Waals surface area contributed by atoms with Crippen molar-refractivity contribution in [3.8, 4) is 11.5 Å². The molecule has 12 nitrogen and oxygen atoms in total. The van der Waals surface area contributed by atoms with E-state index in [9.17, 15) is 19.2 Å². The largest absolute Gasteiger partial charge is 0.497 e. The number of thioether (sulfide) groups is 1. The summed E-state index contributed by atoms with van der Waals surface area (Å²) in [6, 6.07) is 23.6. The number of rotatable bonds is 15. The fourth-order valence-electron chi connectivity index (χ4n) is 4.84. The minimum Gasteiger partial charge on any atom is -0.497 e. The average Bonchev–Trinajstić information content (AvgIpc) is 3.22. The molecule has 2 atom stereocenters. The van der Waals surface area contributed by atoms with E-state index < -0.39 is 24.0 Å². The van der Waals surface area contributed by atoms with Crippen molar-refractivity contribution in [2.45, 2.75) is 29.6 Å². The van der Waals surface area contributed by atoms with E-state index in [-0.39, 0.29) is 24.4 Å². The number of amides is 1. The molecule has 0 aliphatic carbocycles. The number of likely N-dealkylation sites (N-methyl/N-ethyl adjacent to an activating group) is 1. The number of carbonyl (C=O) groups excluding carboxylic acids is 2. The summed E-state index contributed by atoms with van der Waals surface area (Å²) in [7, 11) is 5.34. The maximum atomic E-state index is 14.2. The summed E-state index contributed by atoms with van der Waals surface area (Å²) in [5.41, 5.74) is 2.94. The molecule has 0 unspecified atom stereocenters. The van der Waals surface area contributed by atoms with E-state index in [2.05, 4.69) is 18.0 Å². The minimum atomic E-state index is -1.26. The number of hydrogen-bond donors (Lipinski definition) is 2. The van der Waals surface area contributed by atoms with E-state index >= 15 is 0 Å². The average molecular weight is 695 g/mol. The highest BCUT2D eigenvalue weighted by Gasteiger charge is 2.39. The Morgan fingerprint density at radius 3 is 2.20 bits per heavy atom. The van der Waals surface area contributed by atoms with Crippen molar-refractivity contribution in [2.75, 3.05) is 59.0 Å². The van der Waals surface area contributed by atoms with Crippen LogP contribution in [-0.4, -0.2) is 99.1 Å². The maximum Gasteiger partial charge on any atom is 0.332 e. The van der Waals surface area contributed by atoms with Crippen molar-refractivity contribution < 1.29 is 48.3 Å². The summed E-state index contributed by atoms with van der Waals surface area (Å²) in [6.45, 7) is 3.64. The first-order valence-electron chi connectivity index (χ1n) is 15.5. The molecule has 0 saturated heterocycles. The van der Waals surface area contributed by atoms with Gasteiger partial charge in [0.2, 0.25) is 0 Å². The Morgan fingerprint density at radius 1 is 0.898 bits per heavy atom. The first-order chi connectivity index (χ1) is 23.6. The van der Waals surface area contributed by atoms with E-state index in [1.807, 2.05) is 66.7 Å². The molecule has 13 heteroatoms. The molecule has 49 heavy (non-hydrogen) atoms. The van der Waals surface area contributed by atoms with Gasteiger partial charge in [0.15, 0.2) is 6.10 Å². The highest BCUT2D eigenvalue weighted by atomic mass is 32.2. The Labute approximate surface area is 290 Å². The van der Waals surface area contributed by atoms with Crippen molar-refractivity contribution in [1.82, 2.24) is 4.90 Å². The molecular weight excluding hydrogens is 652 g/mol. The molecule has 1 amide bonds. The molecule has 0 aromatic heterocycles. The van der Waals surface area contributed by atoms with Crippen LogP contribution in [0.3, 0.4) is 0 Å². The molecule has 1 heterocycles. The van der Waals surface area contributed by atoms with Gasteiger partial charge in [-0.2, -0.15) is 0 Å². The molecular formula is C36H42N2O10S. The lowest BCUT2D eigenvalue weighted by Gasteiger charge is -2.29. The van der Waals surface area contributed by atoms with E-state index in [1.165, 1.54) is 5.56 Å². The summed E-state index contributed by atoms with van der Waals surface area (Å²) in [5.74, 6) is -1.63. The lowest BCUT2D eigenvalue weighted by Crippen LogP contribution is -2.45. The Balaban J connectivity index is 0.000000723. The van der Waals surface area contributed by atoms with Crippen LogP contribution < -0.4 is 14.4 Å². The molecule has 1 aliphatic rings. The zero-order valence-electron chi connectivity index (χ0n) is 27.9. The SMILES string of the molecule is CCOC(=O)CO[C@H]1C(=O)N(CCN(C)CCc2cccc(OC)c2)c2ccccc2S[C@H]1c1ccc(OC)cc1.O=C(O)C=CC(=O)O. The number of para-hydroxylation sites is 1. The number of ether oxygens (including phenoxy) is 4. The number of aliphatic carboxylic acids is 2. The molecule has 3 aromatic rings. The number of carboxylic acid groups (broad SMARTS) is 2. The fourth-order valence-corrected chi connectivity index (χ4v) is 6.18. The van der Waals surface area contributed by atoms with Crippen molar-refractivity contribution in [3.05, 3.63) is 96.1 Å². The number of methoxy groups -OCH3 is 2. The highest BCUT2D eigenvalue weighted by molar-refractivity contribution is 7.99. The van der Waals surface area contributed by atoms with Crippen molar-refractivity contribution in [3.63, 3.8) is 0 Å². The molecule has 0 bridgehead atoms.